The fourth-order valence-corrected chi connectivity index (χ4v) is 2.43. The number of hydrogen-bond donors (Lipinski definition) is 1. The monoisotopic (exact) mass is 268 g/mol. The SMILES string of the molecule is CCNCC1CCN(C(=O)CC(C)C(C)(C)C)CC1. The Balaban J connectivity index is 2.33. The van der Waals surface area contributed by atoms with Crippen LogP contribution in [-0.2, 0) is 4.79 Å². The molecule has 1 atom stereocenters. The lowest BCUT2D eigenvalue weighted by Gasteiger charge is -2.34. The molecule has 0 aliphatic carbocycles. The van der Waals surface area contributed by atoms with Crippen molar-refractivity contribution in [2.45, 2.75) is 53.9 Å². The number of likely N-dealkylation sites (tertiary alicyclic amines) is 1. The molecule has 3 heteroatoms. The van der Waals surface area contributed by atoms with Crippen LogP contribution in [0.15, 0.2) is 0 Å². The van der Waals surface area contributed by atoms with E-state index in [9.17, 15) is 4.79 Å². The molecule has 0 spiro atoms. The Bertz CT molecular complexity index is 275. The highest BCUT2D eigenvalue weighted by molar-refractivity contribution is 5.76. The van der Waals surface area contributed by atoms with Crippen molar-refractivity contribution in [1.82, 2.24) is 10.2 Å². The van der Waals surface area contributed by atoms with E-state index in [1.165, 1.54) is 0 Å². The summed E-state index contributed by atoms with van der Waals surface area (Å²) in [5, 5.41) is 3.41. The molecule has 112 valence electrons. The van der Waals surface area contributed by atoms with Crippen molar-refractivity contribution in [1.29, 1.82) is 0 Å². The molecular weight excluding hydrogens is 236 g/mol. The van der Waals surface area contributed by atoms with Crippen LogP contribution in [0.3, 0.4) is 0 Å². The van der Waals surface area contributed by atoms with Gasteiger partial charge in [-0.1, -0.05) is 34.6 Å². The zero-order valence-electron chi connectivity index (χ0n) is 13.5. The molecule has 1 aliphatic heterocycles. The number of carbonyl (C=O) groups excluding carboxylic acids is 1. The summed E-state index contributed by atoms with van der Waals surface area (Å²) < 4.78 is 0. The molecule has 1 heterocycles. The van der Waals surface area contributed by atoms with E-state index in [2.05, 4.69) is 44.8 Å². The van der Waals surface area contributed by atoms with Crippen LogP contribution in [-0.4, -0.2) is 37.0 Å². The van der Waals surface area contributed by atoms with E-state index >= 15 is 0 Å². The first-order valence-corrected chi connectivity index (χ1v) is 7.83. The second-order valence-electron chi connectivity index (χ2n) is 7.10. The van der Waals surface area contributed by atoms with Gasteiger partial charge >= 0.3 is 0 Å². The molecule has 1 saturated heterocycles. The van der Waals surface area contributed by atoms with Crippen LogP contribution in [0.4, 0.5) is 0 Å². The Morgan fingerprint density at radius 1 is 1.32 bits per heavy atom. The Labute approximate surface area is 119 Å². The Hall–Kier alpha value is -0.570. The van der Waals surface area contributed by atoms with Gasteiger partial charge in [0.25, 0.3) is 0 Å². The molecule has 1 aliphatic rings. The highest BCUT2D eigenvalue weighted by Crippen LogP contribution is 2.29. The maximum atomic E-state index is 12.3. The molecule has 1 rings (SSSR count). The number of hydrogen-bond acceptors (Lipinski definition) is 2. The highest BCUT2D eigenvalue weighted by Gasteiger charge is 2.27. The van der Waals surface area contributed by atoms with Crippen molar-refractivity contribution in [3.63, 3.8) is 0 Å². The van der Waals surface area contributed by atoms with E-state index in [0.29, 0.717) is 18.2 Å². The van der Waals surface area contributed by atoms with Crippen LogP contribution >= 0.6 is 0 Å². The van der Waals surface area contributed by atoms with E-state index < -0.39 is 0 Å². The highest BCUT2D eigenvalue weighted by atomic mass is 16.2. The molecule has 1 amide bonds. The lowest BCUT2D eigenvalue weighted by molar-refractivity contribution is -0.134. The summed E-state index contributed by atoms with van der Waals surface area (Å²) in [6, 6.07) is 0. The molecule has 0 radical (unpaired) electrons. The first-order chi connectivity index (χ1) is 8.84. The van der Waals surface area contributed by atoms with Crippen LogP contribution in [0.5, 0.6) is 0 Å². The third-order valence-corrected chi connectivity index (χ3v) is 4.61. The largest absolute Gasteiger partial charge is 0.343 e. The van der Waals surface area contributed by atoms with Crippen molar-refractivity contribution in [2.75, 3.05) is 26.2 Å². The predicted octanol–water partition coefficient (Wildman–Crippen LogP) is 2.91. The average Bonchev–Trinajstić information content (AvgIpc) is 2.35. The fraction of sp³-hybridized carbons (Fsp3) is 0.938. The van der Waals surface area contributed by atoms with Crippen LogP contribution in [0.25, 0.3) is 0 Å². The molecule has 1 fully saturated rings. The molecular formula is C16H32N2O. The quantitative estimate of drug-likeness (QED) is 0.831. The Kier molecular flexibility index (Phi) is 6.31. The molecule has 0 aromatic carbocycles. The van der Waals surface area contributed by atoms with Gasteiger partial charge in [-0.25, -0.2) is 0 Å². The summed E-state index contributed by atoms with van der Waals surface area (Å²) in [5.41, 5.74) is 0.221. The zero-order chi connectivity index (χ0) is 14.5. The Morgan fingerprint density at radius 2 is 1.89 bits per heavy atom. The predicted molar refractivity (Wildman–Crippen MR) is 81.1 cm³/mol. The molecule has 0 bridgehead atoms. The fourth-order valence-electron chi connectivity index (χ4n) is 2.43. The number of nitrogens with zero attached hydrogens (tertiary/aromatic N) is 1. The normalized spacial score (nSPS) is 19.5. The molecule has 0 saturated carbocycles. The van der Waals surface area contributed by atoms with E-state index in [4.69, 9.17) is 0 Å². The van der Waals surface area contributed by atoms with Crippen LogP contribution in [0.1, 0.15) is 53.9 Å². The van der Waals surface area contributed by atoms with Crippen LogP contribution < -0.4 is 5.32 Å². The lowest BCUT2D eigenvalue weighted by atomic mass is 9.80. The van der Waals surface area contributed by atoms with Gasteiger partial charge in [-0.2, -0.15) is 0 Å². The van der Waals surface area contributed by atoms with Gasteiger partial charge in [-0.05, 0) is 43.2 Å². The zero-order valence-corrected chi connectivity index (χ0v) is 13.5. The lowest BCUT2D eigenvalue weighted by Crippen LogP contribution is -2.41. The van der Waals surface area contributed by atoms with Gasteiger partial charge in [0.2, 0.25) is 5.91 Å². The van der Waals surface area contributed by atoms with Crippen molar-refractivity contribution >= 4 is 5.91 Å². The van der Waals surface area contributed by atoms with Gasteiger partial charge in [-0.3, -0.25) is 4.79 Å². The standard InChI is InChI=1S/C16H32N2O/c1-6-17-12-14-7-9-18(10-8-14)15(19)11-13(2)16(3,4)5/h13-14,17H,6-12H2,1-5H3. The maximum absolute atomic E-state index is 12.3. The molecule has 1 unspecified atom stereocenters. The van der Waals surface area contributed by atoms with E-state index in [-0.39, 0.29) is 5.41 Å². The van der Waals surface area contributed by atoms with E-state index in [0.717, 1.165) is 44.9 Å². The molecule has 3 nitrogen and oxygen atoms in total. The van der Waals surface area contributed by atoms with Gasteiger partial charge in [0, 0.05) is 19.5 Å². The number of nitrogens with one attached hydrogen (secondary N) is 1. The number of piperidine rings is 1. The van der Waals surface area contributed by atoms with Crippen molar-refractivity contribution in [3.05, 3.63) is 0 Å². The molecule has 0 aromatic rings. The minimum absolute atomic E-state index is 0.221. The van der Waals surface area contributed by atoms with Crippen molar-refractivity contribution in [2.24, 2.45) is 17.3 Å². The third kappa shape index (κ3) is 5.52. The summed E-state index contributed by atoms with van der Waals surface area (Å²) in [4.78, 5) is 14.4. The summed E-state index contributed by atoms with van der Waals surface area (Å²) in [6.45, 7) is 15.0. The molecule has 1 N–H and O–H groups in total. The third-order valence-electron chi connectivity index (χ3n) is 4.61. The first kappa shape index (κ1) is 16.5. The van der Waals surface area contributed by atoms with Gasteiger partial charge in [0.05, 0.1) is 0 Å². The summed E-state index contributed by atoms with van der Waals surface area (Å²) in [7, 11) is 0. The maximum Gasteiger partial charge on any atom is 0.222 e. The summed E-state index contributed by atoms with van der Waals surface area (Å²) in [5.74, 6) is 1.55. The summed E-state index contributed by atoms with van der Waals surface area (Å²) >= 11 is 0. The minimum atomic E-state index is 0.221. The van der Waals surface area contributed by atoms with Gasteiger partial charge in [0.1, 0.15) is 0 Å². The Morgan fingerprint density at radius 3 is 2.37 bits per heavy atom. The molecule has 19 heavy (non-hydrogen) atoms. The van der Waals surface area contributed by atoms with Crippen LogP contribution in [0.2, 0.25) is 0 Å². The average molecular weight is 268 g/mol. The topological polar surface area (TPSA) is 32.3 Å². The number of carbonyl (C=O) groups is 1. The minimum Gasteiger partial charge on any atom is -0.343 e. The van der Waals surface area contributed by atoms with Crippen LogP contribution in [0, 0.1) is 17.3 Å². The summed E-state index contributed by atoms with van der Waals surface area (Å²) in [6.07, 6.45) is 3.01. The number of rotatable bonds is 5. The second kappa shape index (κ2) is 7.28. The van der Waals surface area contributed by atoms with Gasteiger partial charge in [-0.15, -0.1) is 0 Å². The van der Waals surface area contributed by atoms with E-state index in [1.807, 2.05) is 0 Å². The van der Waals surface area contributed by atoms with Gasteiger partial charge in [0.15, 0.2) is 0 Å². The second-order valence-corrected chi connectivity index (χ2v) is 7.10. The van der Waals surface area contributed by atoms with E-state index in [1.54, 1.807) is 0 Å². The van der Waals surface area contributed by atoms with Crippen molar-refractivity contribution < 1.29 is 4.79 Å². The van der Waals surface area contributed by atoms with Gasteiger partial charge < -0.3 is 10.2 Å². The molecule has 0 aromatic heterocycles. The first-order valence-electron chi connectivity index (χ1n) is 7.83. The smallest absolute Gasteiger partial charge is 0.222 e. The number of amides is 1. The van der Waals surface area contributed by atoms with Crippen molar-refractivity contribution in [3.8, 4) is 0 Å².